The number of anilines is 1. The van der Waals surface area contributed by atoms with E-state index in [0.717, 1.165) is 65.2 Å². The van der Waals surface area contributed by atoms with E-state index in [1.807, 2.05) is 26.0 Å². The second-order valence-corrected chi connectivity index (χ2v) is 7.90. The number of hydrogen-bond donors (Lipinski definition) is 2. The first kappa shape index (κ1) is 18.6. The molecule has 0 saturated heterocycles. The van der Waals surface area contributed by atoms with Gasteiger partial charge in [-0.2, -0.15) is 5.10 Å². The molecule has 1 aromatic carbocycles. The number of carbonyl (C=O) groups is 1. The van der Waals surface area contributed by atoms with Gasteiger partial charge in [-0.25, -0.2) is 4.98 Å². The average Bonchev–Trinajstić information content (AvgIpc) is 2.94. The fourth-order valence-electron chi connectivity index (χ4n) is 3.67. The Hall–Kier alpha value is -2.73. The van der Waals surface area contributed by atoms with Gasteiger partial charge in [-0.1, -0.05) is 19.9 Å². The minimum atomic E-state index is -0.0709. The SMILES string of the molecule is Cc1ccc(NC(=O)C(C)C)c2c(C)cc(-c3cc4n(n3)CCCNC4)nc12. The first-order valence-electron chi connectivity index (χ1n) is 9.93. The van der Waals surface area contributed by atoms with E-state index >= 15 is 0 Å². The third-order valence-electron chi connectivity index (χ3n) is 5.30. The highest BCUT2D eigenvalue weighted by molar-refractivity contribution is 6.04. The molecular weight excluding hydrogens is 350 g/mol. The molecule has 3 aromatic rings. The summed E-state index contributed by atoms with van der Waals surface area (Å²) in [6.45, 7) is 10.7. The Labute approximate surface area is 165 Å². The van der Waals surface area contributed by atoms with Crippen LogP contribution in [-0.4, -0.2) is 27.2 Å². The van der Waals surface area contributed by atoms with E-state index in [2.05, 4.69) is 41.3 Å². The molecule has 6 nitrogen and oxygen atoms in total. The van der Waals surface area contributed by atoms with Crippen LogP contribution < -0.4 is 10.6 Å². The van der Waals surface area contributed by atoms with Crippen molar-refractivity contribution in [1.29, 1.82) is 0 Å². The molecule has 1 aliphatic rings. The van der Waals surface area contributed by atoms with Gasteiger partial charge in [-0.05, 0) is 56.1 Å². The number of aromatic nitrogens is 3. The molecule has 0 spiro atoms. The standard InChI is InChI=1S/C22H27N5O/c1-13(2)22(28)25-17-7-6-14(3)21-20(17)15(4)10-18(24-21)19-11-16-12-23-8-5-9-27(16)26-19/h6-7,10-11,13,23H,5,8-9,12H2,1-4H3,(H,25,28). The largest absolute Gasteiger partial charge is 0.325 e. The number of aryl methyl sites for hydroxylation is 3. The van der Waals surface area contributed by atoms with Crippen LogP contribution in [0.3, 0.4) is 0 Å². The normalized spacial score (nSPS) is 14.2. The first-order valence-corrected chi connectivity index (χ1v) is 9.93. The molecule has 0 saturated carbocycles. The molecule has 146 valence electrons. The Morgan fingerprint density at radius 3 is 2.79 bits per heavy atom. The summed E-state index contributed by atoms with van der Waals surface area (Å²) >= 11 is 0. The van der Waals surface area contributed by atoms with E-state index in [1.165, 1.54) is 5.69 Å². The number of nitrogens with one attached hydrogen (secondary N) is 2. The predicted molar refractivity (Wildman–Crippen MR) is 112 cm³/mol. The lowest BCUT2D eigenvalue weighted by molar-refractivity contribution is -0.118. The molecule has 3 heterocycles. The van der Waals surface area contributed by atoms with Crippen LogP contribution in [-0.2, 0) is 17.9 Å². The summed E-state index contributed by atoms with van der Waals surface area (Å²) in [6, 6.07) is 8.19. The Balaban J connectivity index is 1.80. The lowest BCUT2D eigenvalue weighted by atomic mass is 10.0. The monoisotopic (exact) mass is 377 g/mol. The number of amides is 1. The maximum absolute atomic E-state index is 12.2. The van der Waals surface area contributed by atoms with Gasteiger partial charge in [0.2, 0.25) is 5.91 Å². The third-order valence-corrected chi connectivity index (χ3v) is 5.30. The molecule has 0 unspecified atom stereocenters. The van der Waals surface area contributed by atoms with Crippen molar-refractivity contribution in [2.45, 2.75) is 47.2 Å². The summed E-state index contributed by atoms with van der Waals surface area (Å²) in [5.74, 6) is -0.0579. The van der Waals surface area contributed by atoms with Gasteiger partial charge in [0, 0.05) is 24.4 Å². The molecule has 1 amide bonds. The van der Waals surface area contributed by atoms with Gasteiger partial charge in [0.25, 0.3) is 0 Å². The average molecular weight is 377 g/mol. The number of pyridine rings is 1. The zero-order valence-corrected chi connectivity index (χ0v) is 17.0. The van der Waals surface area contributed by atoms with Gasteiger partial charge in [0.05, 0.1) is 22.6 Å². The number of nitrogens with zero attached hydrogens (tertiary/aromatic N) is 3. The molecule has 28 heavy (non-hydrogen) atoms. The van der Waals surface area contributed by atoms with Crippen molar-refractivity contribution >= 4 is 22.5 Å². The van der Waals surface area contributed by atoms with Gasteiger partial charge in [-0.3, -0.25) is 9.48 Å². The lowest BCUT2D eigenvalue weighted by Crippen LogP contribution is -2.18. The molecule has 4 rings (SSSR count). The summed E-state index contributed by atoms with van der Waals surface area (Å²) in [4.78, 5) is 17.2. The predicted octanol–water partition coefficient (Wildman–Crippen LogP) is 3.80. The Kier molecular flexibility index (Phi) is 4.89. The summed E-state index contributed by atoms with van der Waals surface area (Å²) < 4.78 is 2.09. The van der Waals surface area contributed by atoms with Gasteiger partial charge >= 0.3 is 0 Å². The van der Waals surface area contributed by atoms with Crippen molar-refractivity contribution in [1.82, 2.24) is 20.1 Å². The Morgan fingerprint density at radius 1 is 1.18 bits per heavy atom. The maximum Gasteiger partial charge on any atom is 0.226 e. The van der Waals surface area contributed by atoms with Crippen molar-refractivity contribution in [3.05, 3.63) is 41.1 Å². The fourth-order valence-corrected chi connectivity index (χ4v) is 3.67. The summed E-state index contributed by atoms with van der Waals surface area (Å²) in [5.41, 5.74) is 6.88. The van der Waals surface area contributed by atoms with Crippen molar-refractivity contribution in [3.63, 3.8) is 0 Å². The smallest absolute Gasteiger partial charge is 0.226 e. The maximum atomic E-state index is 12.2. The number of benzene rings is 1. The van der Waals surface area contributed by atoms with E-state index in [-0.39, 0.29) is 11.8 Å². The Bertz CT molecular complexity index is 1030. The molecule has 0 aliphatic carbocycles. The number of fused-ring (bicyclic) bond motifs is 2. The molecule has 0 atom stereocenters. The van der Waals surface area contributed by atoms with Crippen molar-refractivity contribution in [2.24, 2.45) is 5.92 Å². The van der Waals surface area contributed by atoms with Crippen LogP contribution in [0.2, 0.25) is 0 Å². The van der Waals surface area contributed by atoms with E-state index in [9.17, 15) is 4.79 Å². The second-order valence-electron chi connectivity index (χ2n) is 7.90. The van der Waals surface area contributed by atoms with Crippen LogP contribution in [0.5, 0.6) is 0 Å². The Morgan fingerprint density at radius 2 is 2.00 bits per heavy atom. The third kappa shape index (κ3) is 3.40. The quantitative estimate of drug-likeness (QED) is 0.728. The summed E-state index contributed by atoms with van der Waals surface area (Å²) in [5, 5.41) is 12.3. The summed E-state index contributed by atoms with van der Waals surface area (Å²) in [7, 11) is 0. The molecule has 1 aliphatic heterocycles. The zero-order valence-electron chi connectivity index (χ0n) is 17.0. The van der Waals surface area contributed by atoms with Crippen LogP contribution in [0.25, 0.3) is 22.3 Å². The zero-order chi connectivity index (χ0) is 19.8. The van der Waals surface area contributed by atoms with Crippen molar-refractivity contribution in [3.8, 4) is 11.4 Å². The van der Waals surface area contributed by atoms with Crippen LogP contribution in [0.4, 0.5) is 5.69 Å². The highest BCUT2D eigenvalue weighted by Gasteiger charge is 2.17. The van der Waals surface area contributed by atoms with E-state index in [1.54, 1.807) is 0 Å². The minimum Gasteiger partial charge on any atom is -0.325 e. The molecule has 2 aromatic heterocycles. The second kappa shape index (κ2) is 7.36. The molecular formula is C22H27N5O. The van der Waals surface area contributed by atoms with Gasteiger partial charge in [0.15, 0.2) is 0 Å². The first-order chi connectivity index (χ1) is 13.4. The van der Waals surface area contributed by atoms with Gasteiger partial charge < -0.3 is 10.6 Å². The molecule has 2 N–H and O–H groups in total. The molecule has 0 bridgehead atoms. The minimum absolute atomic E-state index is 0.0129. The highest BCUT2D eigenvalue weighted by atomic mass is 16.1. The fraction of sp³-hybridized carbons (Fsp3) is 0.409. The van der Waals surface area contributed by atoms with Gasteiger partial charge in [0.1, 0.15) is 5.69 Å². The molecule has 0 fully saturated rings. The van der Waals surface area contributed by atoms with Gasteiger partial charge in [-0.15, -0.1) is 0 Å². The lowest BCUT2D eigenvalue weighted by Gasteiger charge is -2.14. The van der Waals surface area contributed by atoms with E-state index in [4.69, 9.17) is 10.1 Å². The number of hydrogen-bond acceptors (Lipinski definition) is 4. The van der Waals surface area contributed by atoms with Crippen molar-refractivity contribution in [2.75, 3.05) is 11.9 Å². The molecule has 0 radical (unpaired) electrons. The van der Waals surface area contributed by atoms with Crippen LogP contribution in [0.15, 0.2) is 24.3 Å². The van der Waals surface area contributed by atoms with Crippen LogP contribution in [0.1, 0.15) is 37.1 Å². The van der Waals surface area contributed by atoms with Crippen molar-refractivity contribution < 1.29 is 4.79 Å². The van der Waals surface area contributed by atoms with Crippen LogP contribution in [0, 0.1) is 19.8 Å². The number of rotatable bonds is 3. The van der Waals surface area contributed by atoms with E-state index in [0.29, 0.717) is 0 Å². The summed E-state index contributed by atoms with van der Waals surface area (Å²) in [6.07, 6.45) is 1.08. The topological polar surface area (TPSA) is 71.8 Å². The van der Waals surface area contributed by atoms with Crippen LogP contribution >= 0.6 is 0 Å². The van der Waals surface area contributed by atoms with E-state index < -0.39 is 0 Å². The molecule has 6 heteroatoms. The number of carbonyl (C=O) groups excluding carboxylic acids is 1. The highest BCUT2D eigenvalue weighted by Crippen LogP contribution is 2.32.